The zero-order valence-corrected chi connectivity index (χ0v) is 13.5. The molecule has 23 heavy (non-hydrogen) atoms. The van der Waals surface area contributed by atoms with E-state index in [9.17, 15) is 4.39 Å². The summed E-state index contributed by atoms with van der Waals surface area (Å²) in [6.45, 7) is 0.388. The van der Waals surface area contributed by atoms with Crippen molar-refractivity contribution >= 4 is 11.8 Å². The molecule has 0 saturated heterocycles. The molecular formula is C17H16FN3OS. The Bertz CT molecular complexity index is 759. The molecule has 3 aromatic rings. The first-order chi connectivity index (χ1) is 11.3. The van der Waals surface area contributed by atoms with Crippen LogP contribution in [0.2, 0.25) is 0 Å². The molecule has 0 aliphatic heterocycles. The van der Waals surface area contributed by atoms with E-state index in [1.165, 1.54) is 12.1 Å². The summed E-state index contributed by atoms with van der Waals surface area (Å²) in [5, 5.41) is 9.27. The van der Waals surface area contributed by atoms with Gasteiger partial charge in [-0.2, -0.15) is 0 Å². The molecule has 6 heteroatoms. The average Bonchev–Trinajstić information content (AvgIpc) is 2.98. The van der Waals surface area contributed by atoms with Crippen LogP contribution in [0.3, 0.4) is 0 Å². The van der Waals surface area contributed by atoms with Crippen LogP contribution < -0.4 is 0 Å². The first-order valence-electron chi connectivity index (χ1n) is 7.14. The number of hydrogen-bond acceptors (Lipinski definition) is 4. The highest BCUT2D eigenvalue weighted by atomic mass is 32.2. The zero-order valence-electron chi connectivity index (χ0n) is 12.6. The molecule has 0 atom stereocenters. The van der Waals surface area contributed by atoms with Crippen molar-refractivity contribution < 1.29 is 9.13 Å². The standard InChI is InChI=1S/C17H16FN3OS/c1-22-11-16-19-20-17(21(16)15-5-3-2-4-6-15)23-12-13-7-9-14(18)10-8-13/h2-10H,11-12H2,1H3. The normalized spacial score (nSPS) is 10.9. The number of hydrogen-bond donors (Lipinski definition) is 0. The van der Waals surface area contributed by atoms with Gasteiger partial charge in [-0.3, -0.25) is 4.57 Å². The molecule has 0 amide bonds. The van der Waals surface area contributed by atoms with Crippen LogP contribution >= 0.6 is 11.8 Å². The van der Waals surface area contributed by atoms with E-state index < -0.39 is 0 Å². The molecule has 0 bridgehead atoms. The highest BCUT2D eigenvalue weighted by molar-refractivity contribution is 7.98. The molecule has 0 aliphatic rings. The van der Waals surface area contributed by atoms with E-state index in [2.05, 4.69) is 10.2 Å². The Labute approximate surface area is 138 Å². The van der Waals surface area contributed by atoms with Gasteiger partial charge in [-0.1, -0.05) is 42.1 Å². The van der Waals surface area contributed by atoms with Crippen molar-refractivity contribution in [3.63, 3.8) is 0 Å². The third-order valence-corrected chi connectivity index (χ3v) is 4.27. The number of benzene rings is 2. The van der Waals surface area contributed by atoms with Gasteiger partial charge in [-0.25, -0.2) is 4.39 Å². The van der Waals surface area contributed by atoms with Crippen molar-refractivity contribution in [1.29, 1.82) is 0 Å². The number of thioether (sulfide) groups is 1. The van der Waals surface area contributed by atoms with E-state index >= 15 is 0 Å². The predicted molar refractivity (Wildman–Crippen MR) is 88.0 cm³/mol. The minimum atomic E-state index is -0.228. The Hall–Kier alpha value is -2.18. The topological polar surface area (TPSA) is 39.9 Å². The van der Waals surface area contributed by atoms with E-state index in [4.69, 9.17) is 4.74 Å². The molecule has 0 N–H and O–H groups in total. The van der Waals surface area contributed by atoms with Crippen LogP contribution in [0.15, 0.2) is 59.8 Å². The maximum atomic E-state index is 13.0. The summed E-state index contributed by atoms with van der Waals surface area (Å²) in [4.78, 5) is 0. The maximum Gasteiger partial charge on any atom is 0.196 e. The Balaban J connectivity index is 1.85. The lowest BCUT2D eigenvalue weighted by molar-refractivity contribution is 0.176. The van der Waals surface area contributed by atoms with Gasteiger partial charge in [-0.05, 0) is 29.8 Å². The van der Waals surface area contributed by atoms with Gasteiger partial charge in [-0.15, -0.1) is 10.2 Å². The molecule has 0 fully saturated rings. The molecule has 0 aliphatic carbocycles. The lowest BCUT2D eigenvalue weighted by Crippen LogP contribution is -2.03. The van der Waals surface area contributed by atoms with E-state index in [1.54, 1.807) is 31.0 Å². The summed E-state index contributed by atoms with van der Waals surface area (Å²) in [6.07, 6.45) is 0. The number of rotatable bonds is 6. The molecule has 3 rings (SSSR count). The van der Waals surface area contributed by atoms with E-state index in [1.807, 2.05) is 34.9 Å². The Kier molecular flexibility index (Phi) is 5.05. The molecule has 0 radical (unpaired) electrons. The van der Waals surface area contributed by atoms with Crippen LogP contribution in [0.25, 0.3) is 5.69 Å². The van der Waals surface area contributed by atoms with Crippen molar-refractivity contribution in [1.82, 2.24) is 14.8 Å². The lowest BCUT2D eigenvalue weighted by Gasteiger charge is -2.09. The second-order valence-corrected chi connectivity index (χ2v) is 5.86. The van der Waals surface area contributed by atoms with Crippen molar-refractivity contribution in [3.8, 4) is 5.69 Å². The molecule has 118 valence electrons. The lowest BCUT2D eigenvalue weighted by atomic mass is 10.2. The molecule has 1 aromatic heterocycles. The fourth-order valence-corrected chi connectivity index (χ4v) is 3.11. The third-order valence-electron chi connectivity index (χ3n) is 3.27. The minimum Gasteiger partial charge on any atom is -0.377 e. The Morgan fingerprint density at radius 2 is 1.78 bits per heavy atom. The van der Waals surface area contributed by atoms with Gasteiger partial charge in [0.05, 0.1) is 0 Å². The fraction of sp³-hybridized carbons (Fsp3) is 0.176. The predicted octanol–water partition coefficient (Wildman–Crippen LogP) is 3.85. The molecule has 0 saturated carbocycles. The van der Waals surface area contributed by atoms with Gasteiger partial charge in [0.15, 0.2) is 11.0 Å². The number of para-hydroxylation sites is 1. The summed E-state index contributed by atoms with van der Waals surface area (Å²) in [5.41, 5.74) is 2.03. The Morgan fingerprint density at radius 1 is 1.04 bits per heavy atom. The second kappa shape index (κ2) is 7.39. The highest BCUT2D eigenvalue weighted by Crippen LogP contribution is 2.25. The molecular weight excluding hydrogens is 313 g/mol. The summed E-state index contributed by atoms with van der Waals surface area (Å²) < 4.78 is 20.2. The first-order valence-corrected chi connectivity index (χ1v) is 8.12. The Morgan fingerprint density at radius 3 is 2.48 bits per heavy atom. The van der Waals surface area contributed by atoms with Crippen LogP contribution in [0.5, 0.6) is 0 Å². The van der Waals surface area contributed by atoms with Crippen LogP contribution in [-0.4, -0.2) is 21.9 Å². The number of methoxy groups -OCH3 is 1. The van der Waals surface area contributed by atoms with Gasteiger partial charge in [0.25, 0.3) is 0 Å². The van der Waals surface area contributed by atoms with Crippen molar-refractivity contribution in [3.05, 3.63) is 71.8 Å². The monoisotopic (exact) mass is 329 g/mol. The first kappa shape index (κ1) is 15.7. The molecule has 1 heterocycles. The molecule has 4 nitrogen and oxygen atoms in total. The second-order valence-electron chi connectivity index (χ2n) is 4.92. The van der Waals surface area contributed by atoms with Crippen LogP contribution in [0.4, 0.5) is 4.39 Å². The number of ether oxygens (including phenoxy) is 1. The van der Waals surface area contributed by atoms with Gasteiger partial charge >= 0.3 is 0 Å². The molecule has 0 spiro atoms. The number of halogens is 1. The smallest absolute Gasteiger partial charge is 0.196 e. The van der Waals surface area contributed by atoms with Crippen LogP contribution in [0, 0.1) is 5.82 Å². The van der Waals surface area contributed by atoms with Gasteiger partial charge in [0.1, 0.15) is 12.4 Å². The quantitative estimate of drug-likeness (QED) is 0.644. The summed E-state index contributed by atoms with van der Waals surface area (Å²) >= 11 is 1.56. The largest absolute Gasteiger partial charge is 0.377 e. The van der Waals surface area contributed by atoms with E-state index in [0.29, 0.717) is 12.4 Å². The minimum absolute atomic E-state index is 0.228. The van der Waals surface area contributed by atoms with Crippen LogP contribution in [0.1, 0.15) is 11.4 Å². The maximum absolute atomic E-state index is 13.0. The summed E-state index contributed by atoms with van der Waals surface area (Å²) in [5.74, 6) is 1.21. The number of nitrogens with zero attached hydrogens (tertiary/aromatic N) is 3. The summed E-state index contributed by atoms with van der Waals surface area (Å²) in [7, 11) is 1.63. The van der Waals surface area contributed by atoms with Crippen molar-refractivity contribution in [2.24, 2.45) is 0 Å². The zero-order chi connectivity index (χ0) is 16.1. The summed E-state index contributed by atoms with van der Waals surface area (Å²) in [6, 6.07) is 16.4. The van der Waals surface area contributed by atoms with E-state index in [0.717, 1.165) is 22.2 Å². The molecule has 0 unspecified atom stereocenters. The van der Waals surface area contributed by atoms with Gasteiger partial charge in [0.2, 0.25) is 0 Å². The highest BCUT2D eigenvalue weighted by Gasteiger charge is 2.14. The fourth-order valence-electron chi connectivity index (χ4n) is 2.18. The third kappa shape index (κ3) is 3.78. The van der Waals surface area contributed by atoms with Crippen molar-refractivity contribution in [2.75, 3.05) is 7.11 Å². The van der Waals surface area contributed by atoms with Crippen LogP contribution in [-0.2, 0) is 17.1 Å². The van der Waals surface area contributed by atoms with Gasteiger partial charge in [0, 0.05) is 18.6 Å². The SMILES string of the molecule is COCc1nnc(SCc2ccc(F)cc2)n1-c1ccccc1. The van der Waals surface area contributed by atoms with Crippen molar-refractivity contribution in [2.45, 2.75) is 17.5 Å². The van der Waals surface area contributed by atoms with E-state index in [-0.39, 0.29) is 5.82 Å². The molecule has 2 aromatic carbocycles. The average molecular weight is 329 g/mol. The van der Waals surface area contributed by atoms with Gasteiger partial charge < -0.3 is 4.74 Å². The number of aromatic nitrogens is 3.